The molecule has 154 valence electrons. The van der Waals surface area contributed by atoms with E-state index < -0.39 is 6.04 Å². The minimum Gasteiger partial charge on any atom is -0.347 e. The lowest BCUT2D eigenvalue weighted by Gasteiger charge is -2.31. The molecule has 0 bridgehead atoms. The molecule has 0 spiro atoms. The van der Waals surface area contributed by atoms with Crippen LogP contribution < -0.4 is 10.6 Å². The van der Waals surface area contributed by atoms with Crippen molar-refractivity contribution in [1.82, 2.24) is 15.6 Å². The summed E-state index contributed by atoms with van der Waals surface area (Å²) in [5.41, 5.74) is 1.07. The lowest BCUT2D eigenvalue weighted by Crippen LogP contribution is -2.50. The van der Waals surface area contributed by atoms with Crippen LogP contribution in [0.5, 0.6) is 0 Å². The third-order valence-electron chi connectivity index (χ3n) is 5.50. The van der Waals surface area contributed by atoms with E-state index in [2.05, 4.69) is 21.7 Å². The van der Waals surface area contributed by atoms with Gasteiger partial charge in [0.05, 0.1) is 23.6 Å². The largest absolute Gasteiger partial charge is 0.347 e. The van der Waals surface area contributed by atoms with Crippen LogP contribution in [0.3, 0.4) is 0 Å². The Morgan fingerprint density at radius 2 is 1.93 bits per heavy atom. The van der Waals surface area contributed by atoms with Gasteiger partial charge in [-0.25, -0.2) is 4.98 Å². The van der Waals surface area contributed by atoms with Gasteiger partial charge in [-0.2, -0.15) is 10.5 Å². The number of nitrogens with one attached hydrogen (secondary N) is 2. The summed E-state index contributed by atoms with van der Waals surface area (Å²) < 4.78 is 0. The van der Waals surface area contributed by atoms with Gasteiger partial charge in [-0.3, -0.25) is 9.59 Å². The summed E-state index contributed by atoms with van der Waals surface area (Å²) in [6, 6.07) is 14.4. The third-order valence-corrected chi connectivity index (χ3v) is 5.50. The lowest BCUT2D eigenvalue weighted by molar-refractivity contribution is -0.127. The summed E-state index contributed by atoms with van der Waals surface area (Å²) in [5.74, 6) is -0.888. The summed E-state index contributed by atoms with van der Waals surface area (Å²) in [7, 11) is 0. The average molecular weight is 403 g/mol. The second-order valence-electron chi connectivity index (χ2n) is 7.60. The quantitative estimate of drug-likeness (QED) is 0.688. The SMILES string of the molecule is N#CCCCC(C#N)NC(=O)[C@@H]1CCCC[C@@H]1NC(=O)c1ccc2ccccc2n1. The molecule has 1 fully saturated rings. The van der Waals surface area contributed by atoms with Crippen LogP contribution in [0, 0.1) is 28.6 Å². The first-order chi connectivity index (χ1) is 14.6. The fourth-order valence-electron chi connectivity index (χ4n) is 3.89. The van der Waals surface area contributed by atoms with Gasteiger partial charge >= 0.3 is 0 Å². The summed E-state index contributed by atoms with van der Waals surface area (Å²) >= 11 is 0. The van der Waals surface area contributed by atoms with Crippen molar-refractivity contribution in [3.05, 3.63) is 42.1 Å². The van der Waals surface area contributed by atoms with Crippen LogP contribution in [0.2, 0.25) is 0 Å². The Labute approximate surface area is 176 Å². The highest BCUT2D eigenvalue weighted by Crippen LogP contribution is 2.25. The van der Waals surface area contributed by atoms with E-state index in [0.717, 1.165) is 23.7 Å². The smallest absolute Gasteiger partial charge is 0.270 e. The number of unbranched alkanes of at least 4 members (excludes halogenated alkanes) is 1. The Kier molecular flexibility index (Phi) is 7.34. The zero-order valence-electron chi connectivity index (χ0n) is 16.8. The van der Waals surface area contributed by atoms with E-state index in [4.69, 9.17) is 5.26 Å². The number of carbonyl (C=O) groups is 2. The van der Waals surface area contributed by atoms with Crippen molar-refractivity contribution in [1.29, 1.82) is 10.5 Å². The van der Waals surface area contributed by atoms with Crippen molar-refractivity contribution in [3.8, 4) is 12.1 Å². The zero-order valence-corrected chi connectivity index (χ0v) is 16.8. The van der Waals surface area contributed by atoms with E-state index in [9.17, 15) is 14.9 Å². The fourth-order valence-corrected chi connectivity index (χ4v) is 3.89. The van der Waals surface area contributed by atoms with E-state index in [-0.39, 0.29) is 23.8 Å². The van der Waals surface area contributed by atoms with Gasteiger partial charge in [0.25, 0.3) is 5.91 Å². The van der Waals surface area contributed by atoms with Gasteiger partial charge < -0.3 is 10.6 Å². The van der Waals surface area contributed by atoms with E-state index in [1.165, 1.54) is 0 Å². The van der Waals surface area contributed by atoms with E-state index in [0.29, 0.717) is 37.8 Å². The molecule has 3 atom stereocenters. The molecule has 0 radical (unpaired) electrons. The van der Waals surface area contributed by atoms with Gasteiger partial charge in [0.15, 0.2) is 0 Å². The number of hydrogen-bond acceptors (Lipinski definition) is 5. The van der Waals surface area contributed by atoms with Crippen LogP contribution >= 0.6 is 0 Å². The van der Waals surface area contributed by atoms with E-state index >= 15 is 0 Å². The molecule has 3 rings (SSSR count). The molecule has 1 aromatic heterocycles. The standard InChI is InChI=1S/C23H25N5O2/c24-14-6-5-8-17(15-25)26-22(29)18-9-2-4-11-20(18)28-23(30)21-13-12-16-7-1-3-10-19(16)27-21/h1,3,7,10,12-13,17-18,20H,2,4-6,8-9,11H2,(H,26,29)(H,28,30)/t17?,18-,20+/m1/s1. The first-order valence-electron chi connectivity index (χ1n) is 10.4. The van der Waals surface area contributed by atoms with Gasteiger partial charge in [-0.1, -0.05) is 37.1 Å². The first kappa shape index (κ1) is 21.3. The van der Waals surface area contributed by atoms with Crippen molar-refractivity contribution in [2.45, 2.75) is 57.0 Å². The number of hydrogen-bond donors (Lipinski definition) is 2. The van der Waals surface area contributed by atoms with Gasteiger partial charge in [0.2, 0.25) is 5.91 Å². The highest BCUT2D eigenvalue weighted by molar-refractivity contribution is 5.95. The number of rotatable bonds is 7. The molecule has 2 aromatic rings. The second-order valence-corrected chi connectivity index (χ2v) is 7.60. The van der Waals surface area contributed by atoms with Crippen LogP contribution in [0.25, 0.3) is 10.9 Å². The molecular formula is C23H25N5O2. The molecule has 1 saturated carbocycles. The Bertz CT molecular complexity index is 991. The lowest BCUT2D eigenvalue weighted by atomic mass is 9.83. The fraction of sp³-hybridized carbons (Fsp3) is 0.435. The number of amides is 2. The molecule has 7 heteroatoms. The molecule has 0 saturated heterocycles. The first-order valence-corrected chi connectivity index (χ1v) is 10.4. The van der Waals surface area contributed by atoms with Crippen LogP contribution in [0.4, 0.5) is 0 Å². The highest BCUT2D eigenvalue weighted by atomic mass is 16.2. The minimum atomic E-state index is -0.619. The Balaban J connectivity index is 1.65. The van der Waals surface area contributed by atoms with Crippen LogP contribution in [-0.4, -0.2) is 28.9 Å². The Hall–Kier alpha value is -3.45. The van der Waals surface area contributed by atoms with E-state index in [1.807, 2.05) is 36.4 Å². The third kappa shape index (κ3) is 5.33. The summed E-state index contributed by atoms with van der Waals surface area (Å²) in [6.07, 6.45) is 4.58. The molecule has 30 heavy (non-hydrogen) atoms. The minimum absolute atomic E-state index is 0.213. The van der Waals surface area contributed by atoms with Crippen LogP contribution in [-0.2, 0) is 4.79 Å². The van der Waals surface area contributed by atoms with Gasteiger partial charge in [-0.15, -0.1) is 0 Å². The number of fused-ring (bicyclic) bond motifs is 1. The Morgan fingerprint density at radius 3 is 2.73 bits per heavy atom. The second kappa shape index (κ2) is 10.4. The van der Waals surface area contributed by atoms with Crippen LogP contribution in [0.1, 0.15) is 55.4 Å². The van der Waals surface area contributed by atoms with Gasteiger partial charge in [0, 0.05) is 17.8 Å². The van der Waals surface area contributed by atoms with Crippen LogP contribution in [0.15, 0.2) is 36.4 Å². The van der Waals surface area contributed by atoms with Crippen molar-refractivity contribution in [3.63, 3.8) is 0 Å². The molecule has 1 aliphatic rings. The van der Waals surface area contributed by atoms with Crippen molar-refractivity contribution >= 4 is 22.7 Å². The van der Waals surface area contributed by atoms with Gasteiger partial charge in [-0.05, 0) is 37.8 Å². The molecule has 1 heterocycles. The monoisotopic (exact) mass is 403 g/mol. The predicted molar refractivity (Wildman–Crippen MR) is 112 cm³/mol. The number of aromatic nitrogens is 1. The molecule has 1 unspecified atom stereocenters. The molecule has 2 amide bonds. The van der Waals surface area contributed by atoms with Gasteiger partial charge in [0.1, 0.15) is 11.7 Å². The number of pyridine rings is 1. The molecule has 0 aliphatic heterocycles. The summed E-state index contributed by atoms with van der Waals surface area (Å²) in [5, 5.41) is 24.7. The van der Waals surface area contributed by atoms with Crippen molar-refractivity contribution in [2.75, 3.05) is 0 Å². The Morgan fingerprint density at radius 1 is 1.13 bits per heavy atom. The maximum absolute atomic E-state index is 12.8. The molecule has 1 aliphatic carbocycles. The summed E-state index contributed by atoms with van der Waals surface area (Å²) in [4.78, 5) is 30.0. The summed E-state index contributed by atoms with van der Waals surface area (Å²) in [6.45, 7) is 0. The van der Waals surface area contributed by atoms with Crippen molar-refractivity contribution < 1.29 is 9.59 Å². The molecule has 7 nitrogen and oxygen atoms in total. The average Bonchev–Trinajstić information content (AvgIpc) is 2.78. The number of carbonyl (C=O) groups excluding carboxylic acids is 2. The maximum atomic E-state index is 12.8. The zero-order chi connectivity index (χ0) is 21.3. The predicted octanol–water partition coefficient (Wildman–Crippen LogP) is 3.23. The molecule has 2 N–H and O–H groups in total. The highest BCUT2D eigenvalue weighted by Gasteiger charge is 2.33. The number of nitriles is 2. The van der Waals surface area contributed by atoms with E-state index in [1.54, 1.807) is 6.07 Å². The number of nitrogens with zero attached hydrogens (tertiary/aromatic N) is 3. The molecular weight excluding hydrogens is 378 g/mol. The normalized spacial score (nSPS) is 19.3. The van der Waals surface area contributed by atoms with Crippen molar-refractivity contribution in [2.24, 2.45) is 5.92 Å². The molecule has 1 aromatic carbocycles. The number of benzene rings is 1. The maximum Gasteiger partial charge on any atom is 0.270 e. The number of para-hydroxylation sites is 1. The topological polar surface area (TPSA) is 119 Å².